The third-order valence-electron chi connectivity index (χ3n) is 2.20. The summed E-state index contributed by atoms with van der Waals surface area (Å²) in [6.45, 7) is 3.64. The van der Waals surface area contributed by atoms with Gasteiger partial charge in [0, 0.05) is 5.56 Å². The molecule has 2 N–H and O–H groups in total. The van der Waals surface area contributed by atoms with Gasteiger partial charge in [0.15, 0.2) is 0 Å². The SMILES string of the molecule is CC1(C)OC(=O)c2c1cc(N)nc2Br. The highest BCUT2D eigenvalue weighted by Gasteiger charge is 2.39. The normalized spacial score (nSPS) is 17.8. The molecule has 2 rings (SSSR count). The lowest BCUT2D eigenvalue weighted by atomic mass is 9.98. The number of nitrogen functional groups attached to an aromatic ring is 1. The molecule has 1 aromatic heterocycles. The molecule has 0 saturated carbocycles. The van der Waals surface area contributed by atoms with Crippen LogP contribution in [0.2, 0.25) is 0 Å². The van der Waals surface area contributed by atoms with Crippen molar-refractivity contribution in [2.45, 2.75) is 19.4 Å². The van der Waals surface area contributed by atoms with E-state index < -0.39 is 5.60 Å². The monoisotopic (exact) mass is 256 g/mol. The van der Waals surface area contributed by atoms with Crippen molar-refractivity contribution in [2.24, 2.45) is 0 Å². The average molecular weight is 257 g/mol. The molecule has 0 fully saturated rings. The Labute approximate surface area is 89.6 Å². The van der Waals surface area contributed by atoms with Gasteiger partial charge in [0.25, 0.3) is 0 Å². The number of hydrogen-bond acceptors (Lipinski definition) is 4. The van der Waals surface area contributed by atoms with E-state index in [1.165, 1.54) is 0 Å². The molecule has 1 aliphatic rings. The van der Waals surface area contributed by atoms with Crippen molar-refractivity contribution in [3.63, 3.8) is 0 Å². The highest BCUT2D eigenvalue weighted by Crippen LogP contribution is 2.39. The Morgan fingerprint density at radius 1 is 1.57 bits per heavy atom. The molecule has 2 heterocycles. The maximum Gasteiger partial charge on any atom is 0.342 e. The summed E-state index contributed by atoms with van der Waals surface area (Å²) >= 11 is 3.20. The van der Waals surface area contributed by atoms with Crippen LogP contribution in [0.3, 0.4) is 0 Å². The van der Waals surface area contributed by atoms with Gasteiger partial charge in [-0.1, -0.05) is 0 Å². The molecular formula is C9H9BrN2O2. The zero-order valence-electron chi connectivity index (χ0n) is 7.80. The van der Waals surface area contributed by atoms with Gasteiger partial charge in [-0.25, -0.2) is 9.78 Å². The molecule has 0 amide bonds. The minimum atomic E-state index is -0.619. The predicted molar refractivity (Wildman–Crippen MR) is 54.8 cm³/mol. The van der Waals surface area contributed by atoms with Crippen LogP contribution in [-0.2, 0) is 10.3 Å². The number of carbonyl (C=O) groups excluding carboxylic acids is 1. The van der Waals surface area contributed by atoms with E-state index in [0.29, 0.717) is 16.0 Å². The van der Waals surface area contributed by atoms with E-state index in [2.05, 4.69) is 20.9 Å². The number of fused-ring (bicyclic) bond motifs is 1. The molecule has 4 nitrogen and oxygen atoms in total. The molecule has 0 atom stereocenters. The summed E-state index contributed by atoms with van der Waals surface area (Å²) in [5, 5.41) is 0. The Morgan fingerprint density at radius 2 is 2.21 bits per heavy atom. The number of pyridine rings is 1. The lowest BCUT2D eigenvalue weighted by Crippen LogP contribution is -2.16. The molecule has 0 aromatic carbocycles. The van der Waals surface area contributed by atoms with Crippen LogP contribution in [-0.4, -0.2) is 11.0 Å². The highest BCUT2D eigenvalue weighted by atomic mass is 79.9. The van der Waals surface area contributed by atoms with Crippen LogP contribution < -0.4 is 5.73 Å². The van der Waals surface area contributed by atoms with Crippen molar-refractivity contribution in [1.29, 1.82) is 0 Å². The second-order valence-electron chi connectivity index (χ2n) is 3.66. The van der Waals surface area contributed by atoms with E-state index >= 15 is 0 Å². The molecule has 0 bridgehead atoms. The lowest BCUT2D eigenvalue weighted by molar-refractivity contribution is 0.00952. The Bertz CT molecular complexity index is 429. The molecule has 1 aromatic rings. The van der Waals surface area contributed by atoms with Crippen LogP contribution in [0.4, 0.5) is 5.82 Å². The van der Waals surface area contributed by atoms with Gasteiger partial charge < -0.3 is 10.5 Å². The summed E-state index contributed by atoms with van der Waals surface area (Å²) in [5.74, 6) is 0.0198. The van der Waals surface area contributed by atoms with Gasteiger partial charge >= 0.3 is 5.97 Å². The average Bonchev–Trinajstić information content (AvgIpc) is 2.21. The summed E-state index contributed by atoms with van der Waals surface area (Å²) in [6, 6.07) is 1.67. The topological polar surface area (TPSA) is 65.2 Å². The largest absolute Gasteiger partial charge is 0.451 e. The summed E-state index contributed by atoms with van der Waals surface area (Å²) in [4.78, 5) is 15.4. The lowest BCUT2D eigenvalue weighted by Gasteiger charge is -2.17. The van der Waals surface area contributed by atoms with Crippen LogP contribution in [0.5, 0.6) is 0 Å². The highest BCUT2D eigenvalue weighted by molar-refractivity contribution is 9.10. The van der Waals surface area contributed by atoms with Crippen molar-refractivity contribution in [3.8, 4) is 0 Å². The molecule has 0 spiro atoms. The number of anilines is 1. The summed E-state index contributed by atoms with van der Waals surface area (Å²) in [6.07, 6.45) is 0. The van der Waals surface area contributed by atoms with Crippen molar-refractivity contribution in [2.75, 3.05) is 5.73 Å². The van der Waals surface area contributed by atoms with Crippen LogP contribution in [0, 0.1) is 0 Å². The molecule has 0 saturated heterocycles. The van der Waals surface area contributed by atoms with Crippen LogP contribution in [0.25, 0.3) is 0 Å². The zero-order chi connectivity index (χ0) is 10.5. The van der Waals surface area contributed by atoms with Gasteiger partial charge in [0.2, 0.25) is 0 Å². The Hall–Kier alpha value is -1.10. The summed E-state index contributed by atoms with van der Waals surface area (Å²) in [5.41, 5.74) is 6.23. The van der Waals surface area contributed by atoms with E-state index in [9.17, 15) is 4.79 Å². The number of aromatic nitrogens is 1. The van der Waals surface area contributed by atoms with Crippen molar-refractivity contribution in [1.82, 2.24) is 4.98 Å². The van der Waals surface area contributed by atoms with Gasteiger partial charge in [-0.15, -0.1) is 0 Å². The second-order valence-corrected chi connectivity index (χ2v) is 4.41. The number of rotatable bonds is 0. The Kier molecular flexibility index (Phi) is 1.82. The van der Waals surface area contributed by atoms with Crippen molar-refractivity contribution >= 4 is 27.7 Å². The number of esters is 1. The van der Waals surface area contributed by atoms with E-state index in [-0.39, 0.29) is 5.97 Å². The molecule has 0 aliphatic carbocycles. The molecule has 74 valence electrons. The van der Waals surface area contributed by atoms with Gasteiger partial charge in [0.1, 0.15) is 16.0 Å². The second kappa shape index (κ2) is 2.70. The van der Waals surface area contributed by atoms with E-state index in [1.807, 2.05) is 13.8 Å². The molecule has 14 heavy (non-hydrogen) atoms. The van der Waals surface area contributed by atoms with Crippen molar-refractivity contribution < 1.29 is 9.53 Å². The first-order valence-corrected chi connectivity index (χ1v) is 4.91. The number of nitrogens with zero attached hydrogens (tertiary/aromatic N) is 1. The number of halogens is 1. The number of carbonyl (C=O) groups is 1. The third kappa shape index (κ3) is 1.19. The fourth-order valence-corrected chi connectivity index (χ4v) is 2.12. The van der Waals surface area contributed by atoms with Gasteiger partial charge in [-0.3, -0.25) is 0 Å². The Balaban J connectivity index is 2.75. The van der Waals surface area contributed by atoms with Crippen LogP contribution in [0.15, 0.2) is 10.7 Å². The number of nitrogens with two attached hydrogens (primary N) is 1. The molecule has 5 heteroatoms. The quantitative estimate of drug-likeness (QED) is 0.568. The summed E-state index contributed by atoms with van der Waals surface area (Å²) < 4.78 is 5.64. The third-order valence-corrected chi connectivity index (χ3v) is 2.77. The van der Waals surface area contributed by atoms with E-state index in [4.69, 9.17) is 10.5 Å². The van der Waals surface area contributed by atoms with Crippen LogP contribution in [0.1, 0.15) is 29.8 Å². The maximum absolute atomic E-state index is 11.5. The maximum atomic E-state index is 11.5. The van der Waals surface area contributed by atoms with Crippen molar-refractivity contribution in [3.05, 3.63) is 21.8 Å². The fraction of sp³-hybridized carbons (Fsp3) is 0.333. The van der Waals surface area contributed by atoms with Crippen LogP contribution >= 0.6 is 15.9 Å². The number of hydrogen-bond donors (Lipinski definition) is 1. The van der Waals surface area contributed by atoms with E-state index in [1.54, 1.807) is 6.07 Å². The molecular weight excluding hydrogens is 248 g/mol. The minimum Gasteiger partial charge on any atom is -0.451 e. The molecule has 1 aliphatic heterocycles. The van der Waals surface area contributed by atoms with Gasteiger partial charge in [-0.2, -0.15) is 0 Å². The predicted octanol–water partition coefficient (Wildman–Crippen LogP) is 1.83. The molecule has 0 radical (unpaired) electrons. The smallest absolute Gasteiger partial charge is 0.342 e. The molecule has 0 unspecified atom stereocenters. The Morgan fingerprint density at radius 3 is 2.86 bits per heavy atom. The fourth-order valence-electron chi connectivity index (χ4n) is 1.54. The van der Waals surface area contributed by atoms with Gasteiger partial charge in [0.05, 0.1) is 5.56 Å². The first-order chi connectivity index (χ1) is 6.42. The standard InChI is InChI=1S/C9H9BrN2O2/c1-9(2)4-3-5(11)12-7(10)6(4)8(13)14-9/h3H,1-2H3,(H2,11,12). The van der Waals surface area contributed by atoms with Gasteiger partial charge in [-0.05, 0) is 35.8 Å². The minimum absolute atomic E-state index is 0.357. The number of ether oxygens (including phenoxy) is 1. The first-order valence-electron chi connectivity index (χ1n) is 4.11. The van der Waals surface area contributed by atoms with E-state index in [0.717, 1.165) is 5.56 Å². The number of cyclic esters (lactones) is 1. The zero-order valence-corrected chi connectivity index (χ0v) is 9.38. The first kappa shape index (κ1) is 9.45. The summed E-state index contributed by atoms with van der Waals surface area (Å²) in [7, 11) is 0.